The molecule has 0 unspecified atom stereocenters. The van der Waals surface area contributed by atoms with E-state index < -0.39 is 0 Å². The highest BCUT2D eigenvalue weighted by atomic mass is 15.1. The van der Waals surface area contributed by atoms with Gasteiger partial charge in [0, 0.05) is 6.04 Å². The Kier molecular flexibility index (Phi) is 7.78. The van der Waals surface area contributed by atoms with Gasteiger partial charge in [-0.1, -0.05) is 31.9 Å². The van der Waals surface area contributed by atoms with Crippen molar-refractivity contribution >= 4 is 0 Å². The van der Waals surface area contributed by atoms with Gasteiger partial charge in [-0.15, -0.1) is 0 Å². The highest BCUT2D eigenvalue weighted by Crippen LogP contribution is 2.36. The third kappa shape index (κ3) is 4.87. The summed E-state index contributed by atoms with van der Waals surface area (Å²) in [6.45, 7) is 7.94. The largest absolute Gasteiger partial charge is 0.316 e. The molecule has 118 valence electrons. The summed E-state index contributed by atoms with van der Waals surface area (Å²) in [4.78, 5) is 2.50. The fourth-order valence-electron chi connectivity index (χ4n) is 3.74. The fraction of sp³-hybridized carbons (Fsp3) is 0.882. The van der Waals surface area contributed by atoms with Gasteiger partial charge in [-0.2, -0.15) is 0 Å². The Bertz CT molecular complexity index is 301. The second kappa shape index (κ2) is 8.81. The highest BCUT2D eigenvalue weighted by Gasteiger charge is 2.26. The molecule has 1 fully saturated rings. The average Bonchev–Trinajstić information content (AvgIpc) is 2.46. The minimum atomic E-state index is -0.200. The fourth-order valence-corrected chi connectivity index (χ4v) is 3.74. The van der Waals surface area contributed by atoms with Gasteiger partial charge >= 0.3 is 0 Å². The zero-order valence-corrected chi connectivity index (χ0v) is 14.0. The van der Waals surface area contributed by atoms with Crippen LogP contribution in [0.4, 0.5) is 0 Å². The van der Waals surface area contributed by atoms with Gasteiger partial charge in [0.15, 0.2) is 0 Å². The maximum Gasteiger partial charge on any atom is 0.0559 e. The predicted octanol–water partition coefficient (Wildman–Crippen LogP) is 3.25. The first-order chi connectivity index (χ1) is 9.53. The van der Waals surface area contributed by atoms with Gasteiger partial charge in [0.05, 0.1) is 6.17 Å². The summed E-state index contributed by atoms with van der Waals surface area (Å²) in [6.07, 6.45) is 8.28. The van der Waals surface area contributed by atoms with Crippen LogP contribution >= 0.6 is 0 Å². The first kappa shape index (κ1) is 17.7. The third-order valence-corrected chi connectivity index (χ3v) is 5.06. The lowest BCUT2D eigenvalue weighted by Crippen LogP contribution is -2.35. The summed E-state index contributed by atoms with van der Waals surface area (Å²) in [5, 5.41) is 0. The van der Waals surface area contributed by atoms with Crippen LogP contribution in [0.1, 0.15) is 65.7 Å². The van der Waals surface area contributed by atoms with Crippen molar-refractivity contribution in [3.8, 4) is 0 Å². The molecule has 1 aliphatic rings. The lowest BCUT2D eigenvalue weighted by molar-refractivity contribution is 0.180. The van der Waals surface area contributed by atoms with Crippen LogP contribution < -0.4 is 11.5 Å². The molecular formula is C17H35N3. The van der Waals surface area contributed by atoms with Gasteiger partial charge in [0.25, 0.3) is 0 Å². The molecule has 0 aromatic heterocycles. The maximum atomic E-state index is 5.81. The average molecular weight is 281 g/mol. The summed E-state index contributed by atoms with van der Waals surface area (Å²) in [5.41, 5.74) is 14.8. The second-order valence-corrected chi connectivity index (χ2v) is 6.28. The van der Waals surface area contributed by atoms with Gasteiger partial charge in [-0.25, -0.2) is 0 Å². The smallest absolute Gasteiger partial charge is 0.0559 e. The van der Waals surface area contributed by atoms with Crippen molar-refractivity contribution in [2.24, 2.45) is 17.4 Å². The van der Waals surface area contributed by atoms with Gasteiger partial charge in [-0.3, -0.25) is 0 Å². The molecule has 20 heavy (non-hydrogen) atoms. The summed E-state index contributed by atoms with van der Waals surface area (Å²) >= 11 is 0. The third-order valence-electron chi connectivity index (χ3n) is 5.06. The molecular weight excluding hydrogens is 246 g/mol. The van der Waals surface area contributed by atoms with Crippen molar-refractivity contribution in [1.82, 2.24) is 4.90 Å². The molecule has 0 radical (unpaired) electrons. The van der Waals surface area contributed by atoms with Crippen molar-refractivity contribution in [3.05, 3.63) is 11.1 Å². The van der Waals surface area contributed by atoms with Crippen LogP contribution in [0, 0.1) is 5.92 Å². The molecule has 1 rings (SSSR count). The zero-order valence-electron chi connectivity index (χ0n) is 14.0. The van der Waals surface area contributed by atoms with Crippen LogP contribution in [0.5, 0.6) is 0 Å². The van der Waals surface area contributed by atoms with Crippen LogP contribution in [0.25, 0.3) is 0 Å². The van der Waals surface area contributed by atoms with Crippen LogP contribution in [-0.4, -0.2) is 30.7 Å². The highest BCUT2D eigenvalue weighted by molar-refractivity contribution is 5.18. The van der Waals surface area contributed by atoms with Crippen LogP contribution in [0.15, 0.2) is 11.1 Å². The van der Waals surface area contributed by atoms with E-state index in [9.17, 15) is 0 Å². The molecule has 0 aromatic rings. The number of nitrogens with two attached hydrogens (primary N) is 2. The van der Waals surface area contributed by atoms with Crippen LogP contribution in [-0.2, 0) is 0 Å². The van der Waals surface area contributed by atoms with E-state index in [-0.39, 0.29) is 6.17 Å². The standard InChI is InChI=1S/C17H35N3/c1-5-13(12-17(18)19)16(6-2)14-8-10-15(11-9-14)20(4)7-3/h14-15,17H,5-12,18-19H2,1-4H3/b16-13+. The Morgan fingerprint density at radius 3 is 2.05 bits per heavy atom. The van der Waals surface area contributed by atoms with Crippen LogP contribution in [0.3, 0.4) is 0 Å². The van der Waals surface area contributed by atoms with E-state index >= 15 is 0 Å². The van der Waals surface area contributed by atoms with Crippen molar-refractivity contribution in [2.45, 2.75) is 77.9 Å². The van der Waals surface area contributed by atoms with E-state index in [1.54, 1.807) is 5.57 Å². The van der Waals surface area contributed by atoms with E-state index in [2.05, 4.69) is 32.7 Å². The van der Waals surface area contributed by atoms with Crippen molar-refractivity contribution in [1.29, 1.82) is 0 Å². The number of nitrogens with zero attached hydrogens (tertiary/aromatic N) is 1. The molecule has 0 saturated heterocycles. The Balaban J connectivity index is 2.70. The maximum absolute atomic E-state index is 5.81. The monoisotopic (exact) mass is 281 g/mol. The Morgan fingerprint density at radius 2 is 1.65 bits per heavy atom. The molecule has 0 aromatic carbocycles. The topological polar surface area (TPSA) is 55.3 Å². The summed E-state index contributed by atoms with van der Waals surface area (Å²) in [5.74, 6) is 0.773. The summed E-state index contributed by atoms with van der Waals surface area (Å²) < 4.78 is 0. The van der Waals surface area contributed by atoms with Gasteiger partial charge in [0.2, 0.25) is 0 Å². The van der Waals surface area contributed by atoms with Crippen molar-refractivity contribution < 1.29 is 0 Å². The SMILES string of the molecule is CC/C(CC(N)N)=C(/CC)C1CCC(N(C)CC)CC1. The van der Waals surface area contributed by atoms with Gasteiger partial charge in [-0.05, 0) is 64.5 Å². The van der Waals surface area contributed by atoms with Crippen molar-refractivity contribution in [2.75, 3.05) is 13.6 Å². The summed E-state index contributed by atoms with van der Waals surface area (Å²) in [7, 11) is 2.26. The summed E-state index contributed by atoms with van der Waals surface area (Å²) in [6, 6.07) is 0.788. The Labute approximate surface area is 125 Å². The second-order valence-electron chi connectivity index (χ2n) is 6.28. The first-order valence-electron chi connectivity index (χ1n) is 8.45. The van der Waals surface area contributed by atoms with E-state index in [0.29, 0.717) is 0 Å². The number of rotatable bonds is 7. The lowest BCUT2D eigenvalue weighted by atomic mass is 9.77. The molecule has 1 aliphatic carbocycles. The molecule has 0 bridgehead atoms. The number of allylic oxidation sites excluding steroid dienone is 1. The van der Waals surface area contributed by atoms with Gasteiger partial charge in [0.1, 0.15) is 0 Å². The first-order valence-corrected chi connectivity index (χ1v) is 8.45. The molecule has 1 saturated carbocycles. The lowest BCUT2D eigenvalue weighted by Gasteiger charge is -2.36. The zero-order chi connectivity index (χ0) is 15.1. The molecule has 3 nitrogen and oxygen atoms in total. The quantitative estimate of drug-likeness (QED) is 0.556. The Morgan fingerprint density at radius 1 is 1.05 bits per heavy atom. The minimum Gasteiger partial charge on any atom is -0.316 e. The van der Waals surface area contributed by atoms with E-state index in [0.717, 1.165) is 37.8 Å². The molecule has 4 N–H and O–H groups in total. The van der Waals surface area contributed by atoms with E-state index in [1.807, 2.05) is 0 Å². The number of hydrogen-bond donors (Lipinski definition) is 2. The van der Waals surface area contributed by atoms with Crippen molar-refractivity contribution in [3.63, 3.8) is 0 Å². The molecule has 3 heteroatoms. The molecule has 0 spiro atoms. The molecule has 0 atom stereocenters. The molecule has 0 heterocycles. The van der Waals surface area contributed by atoms with Crippen LogP contribution in [0.2, 0.25) is 0 Å². The van der Waals surface area contributed by atoms with E-state index in [4.69, 9.17) is 11.5 Å². The number of hydrogen-bond acceptors (Lipinski definition) is 3. The Hall–Kier alpha value is -0.380. The predicted molar refractivity (Wildman–Crippen MR) is 88.4 cm³/mol. The molecule has 0 aliphatic heterocycles. The van der Waals surface area contributed by atoms with Gasteiger partial charge < -0.3 is 16.4 Å². The molecule has 0 amide bonds. The van der Waals surface area contributed by atoms with E-state index in [1.165, 1.54) is 31.3 Å². The normalized spacial score (nSPS) is 25.2. The minimum absolute atomic E-state index is 0.200.